The Bertz CT molecular complexity index is 563. The van der Waals surface area contributed by atoms with Crippen LogP contribution in [0.15, 0.2) is 34.9 Å². The predicted molar refractivity (Wildman–Crippen MR) is 71.1 cm³/mol. The van der Waals surface area contributed by atoms with Crippen molar-refractivity contribution in [2.75, 3.05) is 13.7 Å². The number of para-hydroxylation sites is 1. The van der Waals surface area contributed by atoms with Gasteiger partial charge in [0.25, 0.3) is 5.91 Å². The first-order chi connectivity index (χ1) is 9.26. The van der Waals surface area contributed by atoms with E-state index >= 15 is 0 Å². The van der Waals surface area contributed by atoms with Crippen LogP contribution in [0, 0.1) is 0 Å². The third-order valence-corrected chi connectivity index (χ3v) is 2.65. The van der Waals surface area contributed by atoms with Crippen LogP contribution < -0.4 is 10.1 Å². The number of carbonyl (C=O) groups is 1. The Hall–Kier alpha value is -2.30. The van der Waals surface area contributed by atoms with Crippen LogP contribution in [0.2, 0.25) is 0 Å². The fourth-order valence-corrected chi connectivity index (χ4v) is 1.69. The average molecular weight is 260 g/mol. The van der Waals surface area contributed by atoms with Gasteiger partial charge in [0.05, 0.1) is 12.7 Å². The van der Waals surface area contributed by atoms with E-state index in [1.54, 1.807) is 13.2 Å². The van der Waals surface area contributed by atoms with Crippen LogP contribution >= 0.6 is 0 Å². The summed E-state index contributed by atoms with van der Waals surface area (Å²) in [7, 11) is 1.59. The molecule has 5 nitrogen and oxygen atoms in total. The number of nitrogens with zero attached hydrogens (tertiary/aromatic N) is 1. The Morgan fingerprint density at radius 3 is 2.95 bits per heavy atom. The predicted octanol–water partition coefficient (Wildman–Crippen LogP) is 2.49. The van der Waals surface area contributed by atoms with Crippen molar-refractivity contribution in [3.63, 3.8) is 0 Å². The Morgan fingerprint density at radius 2 is 2.21 bits per heavy atom. The van der Waals surface area contributed by atoms with Crippen molar-refractivity contribution in [2.24, 2.45) is 0 Å². The molecule has 0 unspecified atom stereocenters. The van der Waals surface area contributed by atoms with E-state index in [4.69, 9.17) is 9.26 Å². The van der Waals surface area contributed by atoms with E-state index in [0.29, 0.717) is 18.1 Å². The van der Waals surface area contributed by atoms with Gasteiger partial charge in [0.15, 0.2) is 11.5 Å². The van der Waals surface area contributed by atoms with Crippen LogP contribution in [-0.2, 0) is 0 Å². The first-order valence-electron chi connectivity index (χ1n) is 6.14. The van der Waals surface area contributed by atoms with Crippen LogP contribution in [0.1, 0.15) is 23.8 Å². The minimum absolute atomic E-state index is 0.230. The van der Waals surface area contributed by atoms with Gasteiger partial charge in [-0.1, -0.05) is 24.2 Å². The minimum Gasteiger partial charge on any atom is -0.496 e. The van der Waals surface area contributed by atoms with Crippen molar-refractivity contribution < 1.29 is 14.1 Å². The van der Waals surface area contributed by atoms with Gasteiger partial charge in [-0.3, -0.25) is 4.79 Å². The molecule has 0 saturated carbocycles. The molecule has 0 aliphatic carbocycles. The zero-order valence-electron chi connectivity index (χ0n) is 11.0. The van der Waals surface area contributed by atoms with E-state index in [9.17, 15) is 4.79 Å². The summed E-state index contributed by atoms with van der Waals surface area (Å²) in [6.45, 7) is 2.61. The summed E-state index contributed by atoms with van der Waals surface area (Å²) >= 11 is 0. The first-order valence-corrected chi connectivity index (χ1v) is 6.14. The molecule has 1 aromatic heterocycles. The summed E-state index contributed by atoms with van der Waals surface area (Å²) < 4.78 is 10.4. The SMILES string of the molecule is CCCNC(=O)c1cc(-c2ccccc2OC)on1. The molecule has 0 aliphatic rings. The Labute approximate surface area is 111 Å². The van der Waals surface area contributed by atoms with E-state index in [1.807, 2.05) is 31.2 Å². The molecule has 5 heteroatoms. The molecule has 0 atom stereocenters. The smallest absolute Gasteiger partial charge is 0.273 e. The van der Waals surface area contributed by atoms with Gasteiger partial charge < -0.3 is 14.6 Å². The third-order valence-electron chi connectivity index (χ3n) is 2.65. The zero-order chi connectivity index (χ0) is 13.7. The number of aromatic nitrogens is 1. The van der Waals surface area contributed by atoms with Gasteiger partial charge in [0.2, 0.25) is 0 Å². The summed E-state index contributed by atoms with van der Waals surface area (Å²) in [6.07, 6.45) is 0.878. The summed E-state index contributed by atoms with van der Waals surface area (Å²) in [5, 5.41) is 6.53. The van der Waals surface area contributed by atoms with Crippen molar-refractivity contribution in [3.8, 4) is 17.1 Å². The van der Waals surface area contributed by atoms with Crippen LogP contribution in [0.25, 0.3) is 11.3 Å². The highest BCUT2D eigenvalue weighted by Crippen LogP contribution is 2.29. The molecule has 2 aromatic rings. The Kier molecular flexibility index (Phi) is 4.18. The fraction of sp³-hybridized carbons (Fsp3) is 0.286. The van der Waals surface area contributed by atoms with E-state index in [1.165, 1.54) is 0 Å². The Morgan fingerprint density at radius 1 is 1.42 bits per heavy atom. The molecule has 0 radical (unpaired) electrons. The molecule has 1 aromatic carbocycles. The number of hydrogen-bond donors (Lipinski definition) is 1. The lowest BCUT2D eigenvalue weighted by molar-refractivity contribution is 0.0944. The van der Waals surface area contributed by atoms with Gasteiger partial charge in [0, 0.05) is 12.6 Å². The number of carbonyl (C=O) groups excluding carboxylic acids is 1. The quantitative estimate of drug-likeness (QED) is 0.897. The molecule has 1 amide bonds. The molecule has 0 fully saturated rings. The maximum atomic E-state index is 11.7. The summed E-state index contributed by atoms with van der Waals surface area (Å²) in [5.74, 6) is 0.963. The second-order valence-corrected chi connectivity index (χ2v) is 4.03. The monoisotopic (exact) mass is 260 g/mol. The molecule has 2 rings (SSSR count). The number of amides is 1. The molecule has 1 heterocycles. The van der Waals surface area contributed by atoms with E-state index < -0.39 is 0 Å². The average Bonchev–Trinajstić information content (AvgIpc) is 2.94. The summed E-state index contributed by atoms with van der Waals surface area (Å²) in [4.78, 5) is 11.7. The van der Waals surface area contributed by atoms with Crippen LogP contribution in [0.3, 0.4) is 0 Å². The van der Waals surface area contributed by atoms with Gasteiger partial charge in [-0.25, -0.2) is 0 Å². The van der Waals surface area contributed by atoms with Crippen molar-refractivity contribution >= 4 is 5.91 Å². The van der Waals surface area contributed by atoms with Gasteiger partial charge in [0.1, 0.15) is 5.75 Å². The van der Waals surface area contributed by atoms with Crippen molar-refractivity contribution in [1.82, 2.24) is 10.5 Å². The molecule has 1 N–H and O–H groups in total. The van der Waals surface area contributed by atoms with E-state index in [0.717, 1.165) is 12.0 Å². The lowest BCUT2D eigenvalue weighted by Crippen LogP contribution is -2.24. The van der Waals surface area contributed by atoms with Gasteiger partial charge >= 0.3 is 0 Å². The van der Waals surface area contributed by atoms with Gasteiger partial charge in [-0.05, 0) is 18.6 Å². The van der Waals surface area contributed by atoms with E-state index in [2.05, 4.69) is 10.5 Å². The molecule has 0 saturated heterocycles. The lowest BCUT2D eigenvalue weighted by atomic mass is 10.1. The van der Waals surface area contributed by atoms with Crippen LogP contribution in [0.4, 0.5) is 0 Å². The first kappa shape index (κ1) is 13.1. The highest BCUT2D eigenvalue weighted by molar-refractivity contribution is 5.93. The van der Waals surface area contributed by atoms with E-state index in [-0.39, 0.29) is 11.6 Å². The van der Waals surface area contributed by atoms with Gasteiger partial charge in [-0.2, -0.15) is 0 Å². The molecule has 0 spiro atoms. The molecular weight excluding hydrogens is 244 g/mol. The molecule has 0 aliphatic heterocycles. The lowest BCUT2D eigenvalue weighted by Gasteiger charge is -2.03. The highest BCUT2D eigenvalue weighted by atomic mass is 16.5. The minimum atomic E-state index is -0.230. The second-order valence-electron chi connectivity index (χ2n) is 4.03. The van der Waals surface area contributed by atoms with Crippen LogP contribution in [-0.4, -0.2) is 24.7 Å². The standard InChI is InChI=1S/C14H16N2O3/c1-3-8-15-14(17)11-9-13(19-16-11)10-6-4-5-7-12(10)18-2/h4-7,9H,3,8H2,1-2H3,(H,15,17). The summed E-state index contributed by atoms with van der Waals surface area (Å²) in [5.41, 5.74) is 1.04. The topological polar surface area (TPSA) is 64.4 Å². The molecular formula is C14H16N2O3. The number of rotatable bonds is 5. The summed E-state index contributed by atoms with van der Waals surface area (Å²) in [6, 6.07) is 9.04. The number of nitrogens with one attached hydrogen (secondary N) is 1. The molecule has 19 heavy (non-hydrogen) atoms. The van der Waals surface area contributed by atoms with Gasteiger partial charge in [-0.15, -0.1) is 0 Å². The van der Waals surface area contributed by atoms with Crippen molar-refractivity contribution in [2.45, 2.75) is 13.3 Å². The maximum Gasteiger partial charge on any atom is 0.273 e. The van der Waals surface area contributed by atoms with Crippen LogP contribution in [0.5, 0.6) is 5.75 Å². The molecule has 0 bridgehead atoms. The maximum absolute atomic E-state index is 11.7. The zero-order valence-corrected chi connectivity index (χ0v) is 11.0. The number of ether oxygens (including phenoxy) is 1. The normalized spacial score (nSPS) is 10.2. The number of hydrogen-bond acceptors (Lipinski definition) is 4. The Balaban J connectivity index is 2.23. The largest absolute Gasteiger partial charge is 0.496 e. The third kappa shape index (κ3) is 2.93. The second kappa shape index (κ2) is 6.04. The van der Waals surface area contributed by atoms with Crippen molar-refractivity contribution in [3.05, 3.63) is 36.0 Å². The number of benzene rings is 1. The number of methoxy groups -OCH3 is 1. The fourth-order valence-electron chi connectivity index (χ4n) is 1.69. The van der Waals surface area contributed by atoms with Crippen molar-refractivity contribution in [1.29, 1.82) is 0 Å². The molecule has 100 valence electrons. The highest BCUT2D eigenvalue weighted by Gasteiger charge is 2.15.